The molecule has 0 atom stereocenters. The molecule has 0 radical (unpaired) electrons. The Morgan fingerprint density at radius 3 is 1.75 bits per heavy atom. The Hall–Kier alpha value is -2.48. The molecule has 40 heavy (non-hydrogen) atoms. The number of hydrogen-bond acceptors (Lipinski definition) is 4. The van der Waals surface area contributed by atoms with Gasteiger partial charge in [0.2, 0.25) is 0 Å². The maximum absolute atomic E-state index is 7.09. The van der Waals surface area contributed by atoms with Crippen LogP contribution in [0, 0.1) is 0 Å². The van der Waals surface area contributed by atoms with Crippen molar-refractivity contribution in [2.45, 2.75) is 71.1 Å². The van der Waals surface area contributed by atoms with Gasteiger partial charge >= 0.3 is 7.12 Å². The van der Waals surface area contributed by atoms with Gasteiger partial charge in [-0.25, -0.2) is 0 Å². The van der Waals surface area contributed by atoms with Gasteiger partial charge in [0.15, 0.2) is 0 Å². The molecule has 0 amide bonds. The standard InChI is InChI=1S/C34H41BO3SSi/c1-32(2,3)40(28-14-10-8-11-15-28,29-16-12-9-13-17-29)36-25-24-26-18-20-27(21-19-26)30-22-23-31(39-30)35-37-33(4,5)34(6,7)38-35/h8-23H,24-25H2,1-7H3. The molecule has 1 aromatic heterocycles. The first-order valence-corrected chi connectivity index (χ1v) is 17.0. The summed E-state index contributed by atoms with van der Waals surface area (Å²) in [6, 6.07) is 34.9. The second kappa shape index (κ2) is 11.1. The summed E-state index contributed by atoms with van der Waals surface area (Å²) in [4.78, 5) is 1.22. The van der Waals surface area contributed by atoms with E-state index < -0.39 is 8.32 Å². The predicted octanol–water partition coefficient (Wildman–Crippen LogP) is 6.83. The lowest BCUT2D eigenvalue weighted by atomic mass is 9.88. The van der Waals surface area contributed by atoms with E-state index >= 15 is 0 Å². The molecule has 1 saturated heterocycles. The summed E-state index contributed by atoms with van der Waals surface area (Å²) < 4.78 is 20.7. The van der Waals surface area contributed by atoms with Crippen LogP contribution in [0.2, 0.25) is 5.04 Å². The van der Waals surface area contributed by atoms with Crippen LogP contribution in [0.3, 0.4) is 0 Å². The Morgan fingerprint density at radius 1 is 0.725 bits per heavy atom. The Morgan fingerprint density at radius 2 is 1.25 bits per heavy atom. The summed E-state index contributed by atoms with van der Waals surface area (Å²) in [5.74, 6) is 0. The summed E-state index contributed by atoms with van der Waals surface area (Å²) in [5, 5.41) is 2.62. The quantitative estimate of drug-likeness (QED) is 0.218. The van der Waals surface area contributed by atoms with Crippen molar-refractivity contribution in [3.05, 3.63) is 103 Å². The monoisotopic (exact) mass is 568 g/mol. The molecular formula is C34H41BO3SSi. The number of hydrogen-bond donors (Lipinski definition) is 0. The van der Waals surface area contributed by atoms with Crippen LogP contribution in [0.5, 0.6) is 0 Å². The fourth-order valence-electron chi connectivity index (χ4n) is 5.51. The Labute approximate surface area is 245 Å². The van der Waals surface area contributed by atoms with Crippen LogP contribution in [0.25, 0.3) is 10.4 Å². The Balaban J connectivity index is 1.31. The van der Waals surface area contributed by atoms with E-state index in [9.17, 15) is 0 Å². The van der Waals surface area contributed by atoms with Crippen LogP contribution in [0.4, 0.5) is 0 Å². The van der Waals surface area contributed by atoms with Crippen molar-refractivity contribution in [1.82, 2.24) is 0 Å². The zero-order valence-electron chi connectivity index (χ0n) is 24.9. The van der Waals surface area contributed by atoms with Crippen LogP contribution in [0.15, 0.2) is 97.1 Å². The van der Waals surface area contributed by atoms with E-state index in [2.05, 4.69) is 146 Å². The highest BCUT2D eigenvalue weighted by Gasteiger charge is 2.52. The minimum absolute atomic E-state index is 0.0202. The van der Waals surface area contributed by atoms with Gasteiger partial charge in [-0.15, -0.1) is 11.3 Å². The molecule has 0 unspecified atom stereocenters. The van der Waals surface area contributed by atoms with E-state index in [0.717, 1.165) is 11.2 Å². The molecular weight excluding hydrogens is 527 g/mol. The fourth-order valence-corrected chi connectivity index (χ4v) is 11.0. The van der Waals surface area contributed by atoms with Gasteiger partial charge in [-0.2, -0.15) is 0 Å². The van der Waals surface area contributed by atoms with E-state index in [1.54, 1.807) is 11.3 Å². The van der Waals surface area contributed by atoms with E-state index in [1.165, 1.54) is 26.4 Å². The van der Waals surface area contributed by atoms with Gasteiger partial charge in [-0.3, -0.25) is 0 Å². The third-order valence-corrected chi connectivity index (χ3v) is 14.7. The molecule has 1 fully saturated rings. The highest BCUT2D eigenvalue weighted by Crippen LogP contribution is 2.38. The third kappa shape index (κ3) is 5.53. The molecule has 1 aliphatic rings. The molecule has 208 valence electrons. The smallest absolute Gasteiger partial charge is 0.407 e. The second-order valence-corrected chi connectivity index (χ2v) is 18.2. The maximum Gasteiger partial charge on any atom is 0.505 e. The molecule has 3 aromatic carbocycles. The van der Waals surface area contributed by atoms with Crippen molar-refractivity contribution in [3.8, 4) is 10.4 Å². The highest BCUT2D eigenvalue weighted by molar-refractivity contribution is 7.25. The average molecular weight is 569 g/mol. The third-order valence-electron chi connectivity index (χ3n) is 8.48. The van der Waals surface area contributed by atoms with Crippen molar-refractivity contribution < 1.29 is 13.7 Å². The first-order chi connectivity index (χ1) is 18.9. The number of rotatable bonds is 8. The zero-order valence-corrected chi connectivity index (χ0v) is 26.7. The van der Waals surface area contributed by atoms with Crippen LogP contribution in [0.1, 0.15) is 54.0 Å². The van der Waals surface area contributed by atoms with Gasteiger partial charge in [0.25, 0.3) is 8.32 Å². The van der Waals surface area contributed by atoms with Gasteiger partial charge < -0.3 is 13.7 Å². The average Bonchev–Trinajstić information content (AvgIpc) is 3.49. The van der Waals surface area contributed by atoms with Gasteiger partial charge in [0, 0.05) is 16.3 Å². The van der Waals surface area contributed by atoms with E-state index in [1.807, 2.05) is 0 Å². The van der Waals surface area contributed by atoms with E-state index in [-0.39, 0.29) is 23.4 Å². The molecule has 2 heterocycles. The minimum atomic E-state index is -2.52. The van der Waals surface area contributed by atoms with Crippen molar-refractivity contribution >= 4 is 41.9 Å². The minimum Gasteiger partial charge on any atom is -0.407 e. The lowest BCUT2D eigenvalue weighted by Gasteiger charge is -2.43. The summed E-state index contributed by atoms with van der Waals surface area (Å²) in [7, 11) is -2.84. The normalized spacial score (nSPS) is 16.8. The maximum atomic E-state index is 7.09. The molecule has 0 bridgehead atoms. The first kappa shape index (κ1) is 29.0. The van der Waals surface area contributed by atoms with Gasteiger partial charge in [0.1, 0.15) is 0 Å². The molecule has 0 spiro atoms. The van der Waals surface area contributed by atoms with Crippen LogP contribution in [-0.4, -0.2) is 33.2 Å². The van der Waals surface area contributed by atoms with Gasteiger partial charge in [-0.1, -0.05) is 112 Å². The number of benzene rings is 3. The molecule has 4 aromatic rings. The van der Waals surface area contributed by atoms with E-state index in [4.69, 9.17) is 13.7 Å². The molecule has 3 nitrogen and oxygen atoms in total. The predicted molar refractivity (Wildman–Crippen MR) is 173 cm³/mol. The molecule has 0 N–H and O–H groups in total. The Bertz CT molecular complexity index is 1350. The van der Waals surface area contributed by atoms with Crippen molar-refractivity contribution in [2.75, 3.05) is 6.61 Å². The second-order valence-electron chi connectivity index (χ2n) is 12.7. The van der Waals surface area contributed by atoms with Gasteiger partial charge in [-0.05, 0) is 66.7 Å². The van der Waals surface area contributed by atoms with Crippen molar-refractivity contribution in [1.29, 1.82) is 0 Å². The van der Waals surface area contributed by atoms with Crippen molar-refractivity contribution in [3.63, 3.8) is 0 Å². The molecule has 1 aliphatic heterocycles. The fraction of sp³-hybridized carbons (Fsp3) is 0.353. The van der Waals surface area contributed by atoms with Crippen molar-refractivity contribution in [2.24, 2.45) is 0 Å². The van der Waals surface area contributed by atoms with E-state index in [0.29, 0.717) is 6.61 Å². The summed E-state index contributed by atoms with van der Waals surface area (Å²) in [6.07, 6.45) is 0.869. The summed E-state index contributed by atoms with van der Waals surface area (Å²) >= 11 is 1.74. The van der Waals surface area contributed by atoms with Crippen LogP contribution < -0.4 is 15.1 Å². The summed E-state index contributed by atoms with van der Waals surface area (Å²) in [6.45, 7) is 16.0. The lowest BCUT2D eigenvalue weighted by molar-refractivity contribution is 0.00578. The van der Waals surface area contributed by atoms with Crippen LogP contribution >= 0.6 is 11.3 Å². The molecule has 6 heteroatoms. The lowest BCUT2D eigenvalue weighted by Crippen LogP contribution is -2.66. The largest absolute Gasteiger partial charge is 0.505 e. The first-order valence-electron chi connectivity index (χ1n) is 14.2. The number of thiophene rings is 1. The van der Waals surface area contributed by atoms with Gasteiger partial charge in [0.05, 0.1) is 11.2 Å². The molecule has 0 aliphatic carbocycles. The molecule has 0 saturated carbocycles. The van der Waals surface area contributed by atoms with Crippen LogP contribution in [-0.2, 0) is 20.2 Å². The SMILES string of the molecule is CC1(C)OB(c2ccc(-c3ccc(CCO[Si](c4ccccc4)(c4ccccc4)C(C)(C)C)cc3)s2)OC1(C)C. The highest BCUT2D eigenvalue weighted by atomic mass is 32.1. The Kier molecular flexibility index (Phi) is 8.03. The molecule has 5 rings (SSSR count). The topological polar surface area (TPSA) is 27.7 Å². The summed E-state index contributed by atoms with van der Waals surface area (Å²) in [5.41, 5.74) is 1.83. The zero-order chi connectivity index (χ0) is 28.6.